The lowest BCUT2D eigenvalue weighted by Crippen LogP contribution is -2.56. The fourth-order valence-corrected chi connectivity index (χ4v) is 2.69. The summed E-state index contributed by atoms with van der Waals surface area (Å²) >= 11 is 4.64. The number of anilines is 1. The Morgan fingerprint density at radius 2 is 2.50 bits per heavy atom. The molecule has 1 atom stereocenters. The van der Waals surface area contributed by atoms with Crippen molar-refractivity contribution in [1.82, 2.24) is 10.3 Å². The quantitative estimate of drug-likeness (QED) is 0.661. The van der Waals surface area contributed by atoms with Crippen LogP contribution in [0, 0.1) is 0 Å². The highest BCUT2D eigenvalue weighted by Crippen LogP contribution is 2.32. The first-order valence-electron chi connectivity index (χ1n) is 6.32. The molecule has 2 heterocycles. The first-order valence-corrected chi connectivity index (χ1v) is 6.73. The number of carboxylic acid groups (broad SMARTS) is 1. The van der Waals surface area contributed by atoms with E-state index < -0.39 is 11.6 Å². The molecule has 6 nitrogen and oxygen atoms in total. The number of carbonyl (C=O) groups is 1. The number of aromatic nitrogens is 1. The number of isothiocyanates is 1. The average molecular weight is 292 g/mol. The highest BCUT2D eigenvalue weighted by molar-refractivity contribution is 7.78. The van der Waals surface area contributed by atoms with Gasteiger partial charge in [0.1, 0.15) is 5.69 Å². The van der Waals surface area contributed by atoms with E-state index in [1.165, 1.54) is 0 Å². The first kappa shape index (κ1) is 14.4. The predicted molar refractivity (Wildman–Crippen MR) is 79.9 cm³/mol. The summed E-state index contributed by atoms with van der Waals surface area (Å²) in [6, 6.07) is 1.86. The van der Waals surface area contributed by atoms with E-state index in [1.54, 1.807) is 12.4 Å². The molecule has 1 fully saturated rings. The highest BCUT2D eigenvalue weighted by atomic mass is 32.1. The third-order valence-electron chi connectivity index (χ3n) is 3.39. The van der Waals surface area contributed by atoms with Crippen molar-refractivity contribution in [3.63, 3.8) is 0 Å². The van der Waals surface area contributed by atoms with Crippen LogP contribution in [0.15, 0.2) is 23.5 Å². The second kappa shape index (κ2) is 5.98. The monoisotopic (exact) mass is 292 g/mol. The summed E-state index contributed by atoms with van der Waals surface area (Å²) < 4.78 is 0. The molecule has 2 rings (SSSR count). The minimum atomic E-state index is -0.999. The normalized spacial score (nSPS) is 21.9. The van der Waals surface area contributed by atoms with E-state index in [0.717, 1.165) is 25.1 Å². The van der Waals surface area contributed by atoms with Crippen molar-refractivity contribution in [2.75, 3.05) is 18.0 Å². The second-order valence-corrected chi connectivity index (χ2v) is 5.27. The van der Waals surface area contributed by atoms with Crippen LogP contribution in [0.5, 0.6) is 0 Å². The van der Waals surface area contributed by atoms with Crippen molar-refractivity contribution < 1.29 is 9.90 Å². The molecule has 106 valence electrons. The lowest BCUT2D eigenvalue weighted by molar-refractivity contribution is 0.175. The molecule has 1 unspecified atom stereocenters. The van der Waals surface area contributed by atoms with E-state index in [1.807, 2.05) is 13.0 Å². The van der Waals surface area contributed by atoms with Gasteiger partial charge in [0.2, 0.25) is 0 Å². The van der Waals surface area contributed by atoms with Crippen LogP contribution in [0.25, 0.3) is 0 Å². The van der Waals surface area contributed by atoms with Gasteiger partial charge in [0.15, 0.2) is 0 Å². The maximum atomic E-state index is 10.9. The molecule has 0 spiro atoms. The Kier molecular flexibility index (Phi) is 4.32. The molecule has 1 aromatic heterocycles. The van der Waals surface area contributed by atoms with Crippen LogP contribution >= 0.6 is 12.2 Å². The maximum absolute atomic E-state index is 10.9. The number of hydrogen-bond donors (Lipinski definition) is 2. The van der Waals surface area contributed by atoms with Gasteiger partial charge in [-0.2, -0.15) is 4.99 Å². The Hall–Kier alpha value is -1.98. The Balaban J connectivity index is 2.25. The minimum Gasteiger partial charge on any atom is -0.465 e. The summed E-state index contributed by atoms with van der Waals surface area (Å²) in [4.78, 5) is 21.0. The second-order valence-electron chi connectivity index (χ2n) is 5.08. The molecule has 2 N–H and O–H groups in total. The van der Waals surface area contributed by atoms with Crippen LogP contribution in [0.1, 0.15) is 19.8 Å². The van der Waals surface area contributed by atoms with Crippen LogP contribution in [0.4, 0.5) is 16.2 Å². The minimum absolute atomic E-state index is 0.466. The number of hydrogen-bond acceptors (Lipinski definition) is 5. The highest BCUT2D eigenvalue weighted by Gasteiger charge is 2.33. The van der Waals surface area contributed by atoms with Crippen molar-refractivity contribution in [2.24, 2.45) is 4.99 Å². The van der Waals surface area contributed by atoms with Crippen LogP contribution in [0.2, 0.25) is 0 Å². The number of rotatable bonds is 3. The fraction of sp³-hybridized carbons (Fsp3) is 0.462. The third-order valence-corrected chi connectivity index (χ3v) is 3.48. The van der Waals surface area contributed by atoms with Gasteiger partial charge in [-0.05, 0) is 38.0 Å². The molecule has 20 heavy (non-hydrogen) atoms. The third kappa shape index (κ3) is 3.31. The smallest absolute Gasteiger partial charge is 0.405 e. The lowest BCUT2D eigenvalue weighted by atomic mass is 9.91. The molecular formula is C13H16N4O2S. The first-order chi connectivity index (χ1) is 9.54. The SMILES string of the molecule is CC1(NC(=O)O)CCCN(c2ccncc2N=C=S)C1. The summed E-state index contributed by atoms with van der Waals surface area (Å²) in [7, 11) is 0. The number of thiocarbonyl (C=S) groups is 1. The number of nitrogens with zero attached hydrogens (tertiary/aromatic N) is 3. The summed E-state index contributed by atoms with van der Waals surface area (Å²) in [6.45, 7) is 3.35. The van der Waals surface area contributed by atoms with Gasteiger partial charge in [0.05, 0.1) is 22.6 Å². The molecule has 1 saturated heterocycles. The Labute approximate surface area is 122 Å². The fourth-order valence-electron chi connectivity index (χ4n) is 2.59. The van der Waals surface area contributed by atoms with E-state index in [0.29, 0.717) is 12.2 Å². The number of nitrogens with one attached hydrogen (secondary N) is 1. The van der Waals surface area contributed by atoms with Crippen molar-refractivity contribution in [2.45, 2.75) is 25.3 Å². The van der Waals surface area contributed by atoms with Gasteiger partial charge in [-0.3, -0.25) is 4.98 Å². The molecule has 0 aromatic carbocycles. The van der Waals surface area contributed by atoms with Gasteiger partial charge in [-0.15, -0.1) is 0 Å². The Morgan fingerprint density at radius 1 is 1.70 bits per heavy atom. The van der Waals surface area contributed by atoms with Crippen molar-refractivity contribution in [3.8, 4) is 0 Å². The van der Waals surface area contributed by atoms with Crippen molar-refractivity contribution in [1.29, 1.82) is 0 Å². The maximum Gasteiger partial charge on any atom is 0.405 e. The Bertz CT molecular complexity index is 559. The van der Waals surface area contributed by atoms with E-state index in [2.05, 4.69) is 37.6 Å². The summed E-state index contributed by atoms with van der Waals surface area (Å²) in [5, 5.41) is 13.9. The van der Waals surface area contributed by atoms with Gasteiger partial charge in [-0.1, -0.05) is 0 Å². The van der Waals surface area contributed by atoms with Crippen molar-refractivity contribution in [3.05, 3.63) is 18.5 Å². The van der Waals surface area contributed by atoms with Gasteiger partial charge >= 0.3 is 6.09 Å². The molecule has 0 aliphatic carbocycles. The summed E-state index contributed by atoms with van der Waals surface area (Å²) in [5.41, 5.74) is 1.09. The van der Waals surface area contributed by atoms with E-state index in [-0.39, 0.29) is 0 Å². The molecule has 0 radical (unpaired) electrons. The largest absolute Gasteiger partial charge is 0.465 e. The molecule has 0 bridgehead atoms. The molecular weight excluding hydrogens is 276 g/mol. The Morgan fingerprint density at radius 3 is 3.20 bits per heavy atom. The lowest BCUT2D eigenvalue weighted by Gasteiger charge is -2.41. The molecule has 1 amide bonds. The molecule has 1 aromatic rings. The van der Waals surface area contributed by atoms with Crippen LogP contribution in [0.3, 0.4) is 0 Å². The topological polar surface area (TPSA) is 77.8 Å². The molecule has 0 saturated carbocycles. The predicted octanol–water partition coefficient (Wildman–Crippen LogP) is 2.44. The summed E-state index contributed by atoms with van der Waals surface area (Å²) in [6.07, 6.45) is 4.03. The molecule has 7 heteroatoms. The van der Waals surface area contributed by atoms with Gasteiger partial charge < -0.3 is 15.3 Å². The zero-order chi connectivity index (χ0) is 14.6. The van der Waals surface area contributed by atoms with Gasteiger partial charge in [-0.25, -0.2) is 4.79 Å². The molecule has 1 aliphatic heterocycles. The van der Waals surface area contributed by atoms with E-state index >= 15 is 0 Å². The van der Waals surface area contributed by atoms with Gasteiger partial charge in [0.25, 0.3) is 0 Å². The van der Waals surface area contributed by atoms with Gasteiger partial charge in [0, 0.05) is 19.3 Å². The zero-order valence-corrected chi connectivity index (χ0v) is 12.0. The van der Waals surface area contributed by atoms with Crippen LogP contribution in [-0.2, 0) is 0 Å². The standard InChI is InChI=1S/C13H16N4O2S/c1-13(16-12(18)19)4-2-6-17(8-13)11-3-5-14-7-10(11)15-9-20/h3,5,7,16H,2,4,6,8H2,1H3,(H,18,19). The number of pyridine rings is 1. The zero-order valence-electron chi connectivity index (χ0n) is 11.2. The number of aliphatic imine (C=N–C) groups is 1. The number of piperidine rings is 1. The number of amides is 1. The van der Waals surface area contributed by atoms with Crippen LogP contribution < -0.4 is 10.2 Å². The van der Waals surface area contributed by atoms with E-state index in [4.69, 9.17) is 5.11 Å². The average Bonchev–Trinajstić information content (AvgIpc) is 2.38. The van der Waals surface area contributed by atoms with E-state index in [9.17, 15) is 4.79 Å². The van der Waals surface area contributed by atoms with Crippen molar-refractivity contribution >= 4 is 34.8 Å². The molecule has 1 aliphatic rings. The van der Waals surface area contributed by atoms with Crippen LogP contribution in [-0.4, -0.2) is 40.0 Å². The summed E-state index contributed by atoms with van der Waals surface area (Å²) in [5.74, 6) is 0.